The first-order valence-electron chi connectivity index (χ1n) is 8.57. The van der Waals surface area contributed by atoms with Gasteiger partial charge in [-0.25, -0.2) is 8.42 Å². The van der Waals surface area contributed by atoms with E-state index in [0.717, 1.165) is 11.1 Å². The number of sulfonamides is 1. The largest absolute Gasteiger partial charge is 0.274 e. The number of carbonyl (C=O) groups excluding carboxylic acids is 1. The van der Waals surface area contributed by atoms with Crippen molar-refractivity contribution in [3.05, 3.63) is 71.3 Å². The van der Waals surface area contributed by atoms with E-state index < -0.39 is 21.2 Å². The van der Waals surface area contributed by atoms with Crippen LogP contribution in [0.3, 0.4) is 0 Å². The molecule has 2 aromatic rings. The third-order valence-electron chi connectivity index (χ3n) is 4.82. The van der Waals surface area contributed by atoms with Crippen LogP contribution in [-0.4, -0.2) is 19.6 Å². The van der Waals surface area contributed by atoms with Crippen molar-refractivity contribution in [2.24, 2.45) is 0 Å². The summed E-state index contributed by atoms with van der Waals surface area (Å²) in [6.45, 7) is 0. The highest BCUT2D eigenvalue weighted by molar-refractivity contribution is 7.90. The number of carbonyl (C=O) groups is 1. The topological polar surface area (TPSA) is 87.0 Å². The highest BCUT2D eigenvalue weighted by Gasteiger charge is 2.40. The molecule has 1 amide bonds. The molecule has 5 nitrogen and oxygen atoms in total. The number of hydrogen-bond acceptors (Lipinski definition) is 4. The number of amides is 1. The molecule has 0 atom stereocenters. The van der Waals surface area contributed by atoms with Crippen LogP contribution in [0.5, 0.6) is 0 Å². The van der Waals surface area contributed by atoms with Crippen molar-refractivity contribution in [1.82, 2.24) is 4.72 Å². The van der Waals surface area contributed by atoms with Crippen LogP contribution in [0, 0.1) is 11.3 Å². The van der Waals surface area contributed by atoms with Gasteiger partial charge in [-0.2, -0.15) is 5.26 Å². The zero-order valence-corrected chi connectivity index (χ0v) is 15.1. The van der Waals surface area contributed by atoms with E-state index in [1.54, 1.807) is 24.3 Å². The van der Waals surface area contributed by atoms with E-state index in [4.69, 9.17) is 5.26 Å². The third kappa shape index (κ3) is 4.12. The molecule has 1 aliphatic carbocycles. The van der Waals surface area contributed by atoms with Crippen LogP contribution in [0.4, 0.5) is 0 Å². The highest BCUT2D eigenvalue weighted by Crippen LogP contribution is 2.40. The van der Waals surface area contributed by atoms with Gasteiger partial charge in [0.15, 0.2) is 0 Å². The van der Waals surface area contributed by atoms with Gasteiger partial charge in [0.25, 0.3) is 0 Å². The first-order chi connectivity index (χ1) is 12.5. The Bertz CT molecular complexity index is 927. The van der Waals surface area contributed by atoms with Crippen molar-refractivity contribution in [2.45, 2.75) is 36.9 Å². The zero-order chi connectivity index (χ0) is 18.6. The standard InChI is InChI=1S/C20H20N2O3S/c21-14-17-9-5-4-8-16(17)10-11-20(23)22-26(24,25)19-12-18(13-19)15-6-2-1-3-7-15/h1-9,18-19H,10-13H2,(H,22,23). The normalized spacial score (nSPS) is 19.2. The Morgan fingerprint density at radius 3 is 2.42 bits per heavy atom. The molecule has 2 aromatic carbocycles. The highest BCUT2D eigenvalue weighted by atomic mass is 32.2. The minimum absolute atomic E-state index is 0.0345. The molecular formula is C20H20N2O3S. The molecule has 3 rings (SSSR count). The Hall–Kier alpha value is -2.65. The van der Waals surface area contributed by atoms with Crippen molar-refractivity contribution in [3.63, 3.8) is 0 Å². The first-order valence-corrected chi connectivity index (χ1v) is 10.1. The average molecular weight is 368 g/mol. The summed E-state index contributed by atoms with van der Waals surface area (Å²) in [6, 6.07) is 18.9. The van der Waals surface area contributed by atoms with E-state index >= 15 is 0 Å². The van der Waals surface area contributed by atoms with Crippen LogP contribution < -0.4 is 4.72 Å². The molecule has 1 saturated carbocycles. The molecule has 26 heavy (non-hydrogen) atoms. The van der Waals surface area contributed by atoms with E-state index in [1.807, 2.05) is 30.3 Å². The van der Waals surface area contributed by atoms with Gasteiger partial charge in [0, 0.05) is 6.42 Å². The van der Waals surface area contributed by atoms with Crippen LogP contribution in [0.15, 0.2) is 54.6 Å². The molecule has 1 aliphatic rings. The van der Waals surface area contributed by atoms with E-state index in [-0.39, 0.29) is 12.3 Å². The van der Waals surface area contributed by atoms with Gasteiger partial charge in [-0.05, 0) is 42.4 Å². The van der Waals surface area contributed by atoms with Gasteiger partial charge in [0.2, 0.25) is 15.9 Å². The van der Waals surface area contributed by atoms with Gasteiger partial charge in [-0.3, -0.25) is 9.52 Å². The van der Waals surface area contributed by atoms with E-state index in [2.05, 4.69) is 10.8 Å². The van der Waals surface area contributed by atoms with Gasteiger partial charge < -0.3 is 0 Å². The van der Waals surface area contributed by atoms with Crippen LogP contribution in [0.1, 0.15) is 41.9 Å². The fourth-order valence-electron chi connectivity index (χ4n) is 3.20. The van der Waals surface area contributed by atoms with Crippen LogP contribution in [0.25, 0.3) is 0 Å². The summed E-state index contributed by atoms with van der Waals surface area (Å²) in [5.41, 5.74) is 2.39. The molecule has 0 aromatic heterocycles. The number of hydrogen-bond donors (Lipinski definition) is 1. The Morgan fingerprint density at radius 2 is 1.73 bits per heavy atom. The molecule has 0 saturated heterocycles. The maximum absolute atomic E-state index is 12.4. The lowest BCUT2D eigenvalue weighted by atomic mass is 9.79. The molecule has 0 radical (unpaired) electrons. The van der Waals surface area contributed by atoms with Crippen LogP contribution in [-0.2, 0) is 21.2 Å². The molecule has 1 N–H and O–H groups in total. The molecule has 0 spiro atoms. The van der Waals surface area contributed by atoms with Crippen molar-refractivity contribution < 1.29 is 13.2 Å². The zero-order valence-electron chi connectivity index (χ0n) is 14.3. The molecule has 134 valence electrons. The van der Waals surface area contributed by atoms with Gasteiger partial charge in [-0.1, -0.05) is 48.5 Å². The number of rotatable bonds is 6. The second kappa shape index (κ2) is 7.71. The average Bonchev–Trinajstić information content (AvgIpc) is 2.59. The Morgan fingerprint density at radius 1 is 1.08 bits per heavy atom. The Balaban J connectivity index is 1.52. The fourth-order valence-corrected chi connectivity index (χ4v) is 4.76. The van der Waals surface area contributed by atoms with Gasteiger partial charge in [0.05, 0.1) is 16.9 Å². The minimum atomic E-state index is -3.65. The number of nitriles is 1. The Kier molecular flexibility index (Phi) is 5.38. The minimum Gasteiger partial charge on any atom is -0.274 e. The van der Waals surface area contributed by atoms with E-state index in [9.17, 15) is 13.2 Å². The molecule has 0 heterocycles. The summed E-state index contributed by atoms with van der Waals surface area (Å²) in [5, 5.41) is 8.53. The number of nitrogens with one attached hydrogen (secondary N) is 1. The van der Waals surface area contributed by atoms with E-state index in [1.165, 1.54) is 0 Å². The van der Waals surface area contributed by atoms with Gasteiger partial charge in [0.1, 0.15) is 0 Å². The first kappa shape index (κ1) is 18.2. The monoisotopic (exact) mass is 368 g/mol. The predicted octanol–water partition coefficient (Wildman–Crippen LogP) is 2.88. The smallest absolute Gasteiger partial charge is 0.237 e. The van der Waals surface area contributed by atoms with Crippen molar-refractivity contribution in [2.75, 3.05) is 0 Å². The van der Waals surface area contributed by atoms with Gasteiger partial charge >= 0.3 is 0 Å². The molecule has 0 unspecified atom stereocenters. The lowest BCUT2D eigenvalue weighted by Crippen LogP contribution is -2.44. The summed E-state index contributed by atoms with van der Waals surface area (Å²) in [6.07, 6.45) is 1.43. The maximum atomic E-state index is 12.4. The lowest BCUT2D eigenvalue weighted by Gasteiger charge is -2.34. The van der Waals surface area contributed by atoms with Crippen molar-refractivity contribution in [3.8, 4) is 6.07 Å². The summed E-state index contributed by atoms with van der Waals surface area (Å²) in [7, 11) is -3.65. The number of benzene rings is 2. The lowest BCUT2D eigenvalue weighted by molar-refractivity contribution is -0.119. The van der Waals surface area contributed by atoms with Crippen LogP contribution >= 0.6 is 0 Å². The molecule has 0 aliphatic heterocycles. The second-order valence-electron chi connectivity index (χ2n) is 6.54. The summed E-state index contributed by atoms with van der Waals surface area (Å²) < 4.78 is 26.9. The fraction of sp³-hybridized carbons (Fsp3) is 0.300. The SMILES string of the molecule is N#Cc1ccccc1CCC(=O)NS(=O)(=O)C1CC(c2ccccc2)C1. The third-order valence-corrected chi connectivity index (χ3v) is 6.59. The molecule has 0 bridgehead atoms. The predicted molar refractivity (Wildman–Crippen MR) is 98.7 cm³/mol. The molecule has 1 fully saturated rings. The van der Waals surface area contributed by atoms with Crippen LogP contribution in [0.2, 0.25) is 0 Å². The quantitative estimate of drug-likeness (QED) is 0.849. The van der Waals surface area contributed by atoms with Gasteiger partial charge in [-0.15, -0.1) is 0 Å². The maximum Gasteiger partial charge on any atom is 0.237 e. The Labute approximate surface area is 153 Å². The van der Waals surface area contributed by atoms with Crippen molar-refractivity contribution >= 4 is 15.9 Å². The molecular weight excluding hydrogens is 348 g/mol. The number of aryl methyl sites for hydroxylation is 1. The second-order valence-corrected chi connectivity index (χ2v) is 8.50. The molecule has 6 heteroatoms. The van der Waals surface area contributed by atoms with Crippen molar-refractivity contribution in [1.29, 1.82) is 5.26 Å². The summed E-state index contributed by atoms with van der Waals surface area (Å²) in [5.74, 6) is -0.295. The van der Waals surface area contributed by atoms with E-state index in [0.29, 0.717) is 24.8 Å². The summed E-state index contributed by atoms with van der Waals surface area (Å²) in [4.78, 5) is 12.1. The summed E-state index contributed by atoms with van der Waals surface area (Å²) >= 11 is 0. The number of nitrogens with zero attached hydrogens (tertiary/aromatic N) is 1.